The lowest BCUT2D eigenvalue weighted by Crippen LogP contribution is -2.35. The van der Waals surface area contributed by atoms with Gasteiger partial charge in [-0.1, -0.05) is 5.16 Å². The van der Waals surface area contributed by atoms with Crippen LogP contribution in [0.15, 0.2) is 28.8 Å². The molecule has 1 fully saturated rings. The number of methoxy groups -OCH3 is 1. The summed E-state index contributed by atoms with van der Waals surface area (Å²) in [4.78, 5) is 6.54. The number of hydrogen-bond acceptors (Lipinski definition) is 7. The maximum absolute atomic E-state index is 9.51. The average molecular weight is 319 g/mol. The summed E-state index contributed by atoms with van der Waals surface area (Å²) < 4.78 is 16.0. The van der Waals surface area contributed by atoms with Crippen molar-refractivity contribution in [3.63, 3.8) is 0 Å². The Hall–Kier alpha value is -2.12. The molecule has 1 saturated heterocycles. The summed E-state index contributed by atoms with van der Waals surface area (Å²) in [7, 11) is 1.62. The second-order valence-corrected chi connectivity index (χ2v) is 5.58. The van der Waals surface area contributed by atoms with Crippen LogP contribution in [0.3, 0.4) is 0 Å². The van der Waals surface area contributed by atoms with Crippen LogP contribution in [0.5, 0.6) is 11.5 Å². The second-order valence-electron chi connectivity index (χ2n) is 5.58. The zero-order chi connectivity index (χ0) is 16.1. The van der Waals surface area contributed by atoms with Crippen molar-refractivity contribution in [3.05, 3.63) is 36.0 Å². The maximum Gasteiger partial charge on any atom is 0.240 e. The number of piperidine rings is 1. The summed E-state index contributed by atoms with van der Waals surface area (Å²) in [5, 5.41) is 13.4. The third-order valence-corrected chi connectivity index (χ3v) is 3.85. The van der Waals surface area contributed by atoms with Crippen molar-refractivity contribution in [3.8, 4) is 11.5 Å². The van der Waals surface area contributed by atoms with E-state index in [1.54, 1.807) is 7.11 Å². The van der Waals surface area contributed by atoms with E-state index in [9.17, 15) is 5.11 Å². The Kier molecular flexibility index (Phi) is 5.09. The van der Waals surface area contributed by atoms with Gasteiger partial charge in [0.05, 0.1) is 19.8 Å². The van der Waals surface area contributed by atoms with Crippen molar-refractivity contribution in [2.24, 2.45) is 0 Å². The van der Waals surface area contributed by atoms with Gasteiger partial charge in [-0.25, -0.2) is 0 Å². The summed E-state index contributed by atoms with van der Waals surface area (Å²) in [6, 6.07) is 7.33. The van der Waals surface area contributed by atoms with Gasteiger partial charge in [-0.2, -0.15) is 4.98 Å². The zero-order valence-corrected chi connectivity index (χ0v) is 13.1. The van der Waals surface area contributed by atoms with Gasteiger partial charge in [0.15, 0.2) is 6.61 Å². The summed E-state index contributed by atoms with van der Waals surface area (Å²) in [5.74, 6) is 2.61. The number of aliphatic hydroxyl groups excluding tert-OH is 1. The van der Waals surface area contributed by atoms with Crippen molar-refractivity contribution in [2.45, 2.75) is 32.1 Å². The zero-order valence-electron chi connectivity index (χ0n) is 13.1. The normalized spacial score (nSPS) is 16.4. The molecule has 124 valence electrons. The molecule has 0 atom stereocenters. The SMILES string of the molecule is COc1ccc(OCc2noc(CN3CCC(O)CC3)n2)cc1. The van der Waals surface area contributed by atoms with E-state index in [1.807, 2.05) is 24.3 Å². The van der Waals surface area contributed by atoms with Crippen LogP contribution < -0.4 is 9.47 Å². The molecule has 2 aromatic rings. The summed E-state index contributed by atoms with van der Waals surface area (Å²) >= 11 is 0. The summed E-state index contributed by atoms with van der Waals surface area (Å²) in [6.45, 7) is 2.57. The van der Waals surface area contributed by atoms with E-state index in [1.165, 1.54) is 0 Å². The van der Waals surface area contributed by atoms with Crippen LogP contribution in [0.2, 0.25) is 0 Å². The van der Waals surface area contributed by atoms with Crippen LogP contribution in [0, 0.1) is 0 Å². The molecule has 0 radical (unpaired) electrons. The van der Waals surface area contributed by atoms with Crippen LogP contribution >= 0.6 is 0 Å². The van der Waals surface area contributed by atoms with Crippen LogP contribution in [-0.2, 0) is 13.2 Å². The number of ether oxygens (including phenoxy) is 2. The first-order valence-corrected chi connectivity index (χ1v) is 7.71. The Balaban J connectivity index is 1.48. The Morgan fingerprint density at radius 3 is 2.61 bits per heavy atom. The molecular weight excluding hydrogens is 298 g/mol. The predicted molar refractivity (Wildman–Crippen MR) is 82.1 cm³/mol. The lowest BCUT2D eigenvalue weighted by molar-refractivity contribution is 0.0740. The van der Waals surface area contributed by atoms with Gasteiger partial charge in [0.25, 0.3) is 0 Å². The molecule has 1 aliphatic heterocycles. The van der Waals surface area contributed by atoms with Gasteiger partial charge >= 0.3 is 0 Å². The minimum atomic E-state index is -0.178. The standard InChI is InChI=1S/C16H21N3O4/c1-21-13-2-4-14(5-3-13)22-11-15-17-16(23-18-15)10-19-8-6-12(20)7-9-19/h2-5,12,20H,6-11H2,1H3. The Morgan fingerprint density at radius 1 is 1.22 bits per heavy atom. The van der Waals surface area contributed by atoms with Crippen LogP contribution in [0.4, 0.5) is 0 Å². The van der Waals surface area contributed by atoms with Gasteiger partial charge in [0.2, 0.25) is 11.7 Å². The molecule has 0 aliphatic carbocycles. The molecule has 23 heavy (non-hydrogen) atoms. The summed E-state index contributed by atoms with van der Waals surface area (Å²) in [5.41, 5.74) is 0. The molecule has 1 N–H and O–H groups in total. The van der Waals surface area contributed by atoms with Gasteiger partial charge in [0.1, 0.15) is 11.5 Å². The highest BCUT2D eigenvalue weighted by Crippen LogP contribution is 2.18. The first kappa shape index (κ1) is 15.8. The molecule has 0 amide bonds. The summed E-state index contributed by atoms with van der Waals surface area (Å²) in [6.07, 6.45) is 1.41. The van der Waals surface area contributed by atoms with Crippen molar-refractivity contribution in [1.29, 1.82) is 0 Å². The van der Waals surface area contributed by atoms with E-state index in [4.69, 9.17) is 14.0 Å². The second kappa shape index (κ2) is 7.43. The van der Waals surface area contributed by atoms with E-state index < -0.39 is 0 Å². The van der Waals surface area contributed by atoms with Gasteiger partial charge < -0.3 is 19.1 Å². The first-order chi connectivity index (χ1) is 11.2. The van der Waals surface area contributed by atoms with Crippen LogP contribution in [0.25, 0.3) is 0 Å². The fourth-order valence-electron chi connectivity index (χ4n) is 2.50. The fourth-order valence-corrected chi connectivity index (χ4v) is 2.50. The highest BCUT2D eigenvalue weighted by Gasteiger charge is 2.19. The van der Waals surface area contributed by atoms with E-state index in [-0.39, 0.29) is 12.7 Å². The lowest BCUT2D eigenvalue weighted by atomic mass is 10.1. The van der Waals surface area contributed by atoms with Crippen LogP contribution in [0.1, 0.15) is 24.6 Å². The Bertz CT molecular complexity index is 606. The molecule has 0 unspecified atom stereocenters. The first-order valence-electron chi connectivity index (χ1n) is 7.71. The van der Waals surface area contributed by atoms with E-state index in [0.717, 1.165) is 37.4 Å². The molecule has 7 heteroatoms. The molecule has 1 aliphatic rings. The Morgan fingerprint density at radius 2 is 1.91 bits per heavy atom. The van der Waals surface area contributed by atoms with Crippen molar-refractivity contribution >= 4 is 0 Å². The smallest absolute Gasteiger partial charge is 0.240 e. The number of nitrogens with zero attached hydrogens (tertiary/aromatic N) is 3. The highest BCUT2D eigenvalue weighted by molar-refractivity contribution is 5.31. The highest BCUT2D eigenvalue weighted by atomic mass is 16.5. The average Bonchev–Trinajstić information content (AvgIpc) is 3.03. The van der Waals surface area contributed by atoms with E-state index in [2.05, 4.69) is 15.0 Å². The molecule has 3 rings (SSSR count). The minimum Gasteiger partial charge on any atom is -0.497 e. The number of aliphatic hydroxyl groups is 1. The number of hydrogen-bond donors (Lipinski definition) is 1. The maximum atomic E-state index is 9.51. The molecule has 2 heterocycles. The monoisotopic (exact) mass is 319 g/mol. The van der Waals surface area contributed by atoms with Crippen molar-refractivity contribution < 1.29 is 19.1 Å². The third kappa shape index (κ3) is 4.43. The van der Waals surface area contributed by atoms with Gasteiger partial charge in [-0.05, 0) is 37.1 Å². The van der Waals surface area contributed by atoms with Gasteiger partial charge in [-0.15, -0.1) is 0 Å². The molecule has 1 aromatic carbocycles. The van der Waals surface area contributed by atoms with E-state index in [0.29, 0.717) is 18.3 Å². The van der Waals surface area contributed by atoms with Crippen molar-refractivity contribution in [1.82, 2.24) is 15.0 Å². The number of benzene rings is 1. The minimum absolute atomic E-state index is 0.178. The number of aromatic nitrogens is 2. The topological polar surface area (TPSA) is 80.9 Å². The molecule has 7 nitrogen and oxygen atoms in total. The van der Waals surface area contributed by atoms with Gasteiger partial charge in [0, 0.05) is 13.1 Å². The fraction of sp³-hybridized carbons (Fsp3) is 0.500. The third-order valence-electron chi connectivity index (χ3n) is 3.85. The molecular formula is C16H21N3O4. The quantitative estimate of drug-likeness (QED) is 0.866. The molecule has 0 spiro atoms. The van der Waals surface area contributed by atoms with Crippen LogP contribution in [-0.4, -0.2) is 46.5 Å². The molecule has 0 saturated carbocycles. The van der Waals surface area contributed by atoms with Crippen molar-refractivity contribution in [2.75, 3.05) is 20.2 Å². The van der Waals surface area contributed by atoms with Gasteiger partial charge in [-0.3, -0.25) is 4.90 Å². The number of likely N-dealkylation sites (tertiary alicyclic amines) is 1. The Labute approximate surface area is 134 Å². The molecule has 1 aromatic heterocycles. The van der Waals surface area contributed by atoms with E-state index >= 15 is 0 Å². The predicted octanol–water partition coefficient (Wildman–Crippen LogP) is 1.61. The lowest BCUT2D eigenvalue weighted by Gasteiger charge is -2.27. The number of rotatable bonds is 6. The molecule has 0 bridgehead atoms. The largest absolute Gasteiger partial charge is 0.497 e.